The molecule has 0 saturated carbocycles. The highest BCUT2D eigenvalue weighted by Gasteiger charge is 2.82. The van der Waals surface area contributed by atoms with Gasteiger partial charge in [-0.25, -0.2) is 0 Å². The molecule has 1 aliphatic heterocycles. The molecule has 1 aliphatic rings. The van der Waals surface area contributed by atoms with E-state index in [1.165, 1.54) is 55.6 Å². The summed E-state index contributed by atoms with van der Waals surface area (Å²) in [5.41, 5.74) is -4.80. The Morgan fingerprint density at radius 2 is 1.61 bits per heavy atom. The van der Waals surface area contributed by atoms with Crippen LogP contribution in [0, 0.1) is 11.3 Å². The average Bonchev–Trinajstić information content (AvgIpc) is 3.21. The van der Waals surface area contributed by atoms with E-state index in [0.29, 0.717) is 5.75 Å². The molecule has 2 aromatic carbocycles. The first-order valence-corrected chi connectivity index (χ1v) is 9.90. The number of amides is 1. The molecule has 0 radical (unpaired) electrons. The minimum atomic E-state index is -6.76. The van der Waals surface area contributed by atoms with Crippen molar-refractivity contribution in [3.8, 4) is 17.6 Å². The van der Waals surface area contributed by atoms with Crippen molar-refractivity contribution in [3.05, 3.63) is 59.7 Å². The highest BCUT2D eigenvalue weighted by molar-refractivity contribution is 6.03. The molecule has 2 aromatic rings. The van der Waals surface area contributed by atoms with Gasteiger partial charge >= 0.3 is 18.0 Å². The van der Waals surface area contributed by atoms with Crippen molar-refractivity contribution < 1.29 is 50.1 Å². The van der Waals surface area contributed by atoms with E-state index in [4.69, 9.17) is 14.7 Å². The van der Waals surface area contributed by atoms with Crippen LogP contribution in [0.25, 0.3) is 0 Å². The number of methoxy groups -OCH3 is 1. The third-order valence-electron chi connectivity index (χ3n) is 5.24. The molecule has 3 rings (SSSR count). The number of carbonyl (C=O) groups is 1. The highest BCUT2D eigenvalue weighted by Crippen LogP contribution is 2.54. The Morgan fingerprint density at radius 3 is 2.11 bits per heavy atom. The lowest BCUT2D eigenvalue weighted by Gasteiger charge is -2.41. The molecule has 1 atom stereocenters. The molecular formula is C22H16F7N3O4. The molecule has 0 aliphatic carbocycles. The predicted octanol–water partition coefficient (Wildman–Crippen LogP) is 4.10. The fourth-order valence-corrected chi connectivity index (χ4v) is 3.26. The Labute approximate surface area is 198 Å². The number of ether oxygens (including phenoxy) is 2. The van der Waals surface area contributed by atoms with Crippen LogP contribution in [-0.2, 0) is 4.79 Å². The van der Waals surface area contributed by atoms with Crippen LogP contribution >= 0.6 is 0 Å². The van der Waals surface area contributed by atoms with Crippen LogP contribution < -0.4 is 9.47 Å². The van der Waals surface area contributed by atoms with Crippen molar-refractivity contribution in [2.75, 3.05) is 13.7 Å². The third kappa shape index (κ3) is 4.53. The molecule has 0 saturated heterocycles. The van der Waals surface area contributed by atoms with Gasteiger partial charge in [0.1, 0.15) is 11.5 Å². The van der Waals surface area contributed by atoms with E-state index in [0.717, 1.165) is 0 Å². The van der Waals surface area contributed by atoms with Gasteiger partial charge < -0.3 is 14.6 Å². The maximum atomic E-state index is 14.8. The number of carbonyl (C=O) groups excluding carboxylic acids is 1. The maximum absolute atomic E-state index is 14.8. The average molecular weight is 519 g/mol. The summed E-state index contributed by atoms with van der Waals surface area (Å²) >= 11 is 0. The molecule has 0 spiro atoms. The number of hydrogen-bond acceptors (Lipinski definition) is 6. The predicted molar refractivity (Wildman–Crippen MR) is 109 cm³/mol. The fourth-order valence-electron chi connectivity index (χ4n) is 3.26. The first-order valence-electron chi connectivity index (χ1n) is 9.90. The molecule has 14 heteroatoms. The van der Waals surface area contributed by atoms with Crippen LogP contribution in [0.15, 0.2) is 53.6 Å². The Kier molecular flexibility index (Phi) is 6.91. The number of hydrazone groups is 1. The van der Waals surface area contributed by atoms with Crippen LogP contribution in [0.4, 0.5) is 30.7 Å². The highest BCUT2D eigenvalue weighted by atomic mass is 19.4. The second kappa shape index (κ2) is 9.30. The largest absolute Gasteiger partial charge is 0.497 e. The van der Waals surface area contributed by atoms with Crippen LogP contribution in [0.2, 0.25) is 0 Å². The van der Waals surface area contributed by atoms with E-state index in [1.807, 2.05) is 6.07 Å². The zero-order chi connectivity index (χ0) is 26.9. The molecular weight excluding hydrogens is 503 g/mol. The standard InChI is InChI=1S/C22H16F7N3O4/c1-35-15-8-4-14(5-9-15)17-10-19(34,20(23,24)21(25,26)22(27,28)29)32(31-17)18(33)12-36-16-6-2-13(11-30)3-7-16/h2-9,34H,10,12H2,1H3/t19-/m1/s1. The molecule has 36 heavy (non-hydrogen) atoms. The van der Waals surface area contributed by atoms with Gasteiger partial charge in [0, 0.05) is 6.42 Å². The molecule has 0 unspecified atom stereocenters. The van der Waals surface area contributed by atoms with Crippen molar-refractivity contribution in [2.24, 2.45) is 5.10 Å². The number of hydrogen-bond donors (Lipinski definition) is 1. The summed E-state index contributed by atoms with van der Waals surface area (Å²) < 4.78 is 106. The van der Waals surface area contributed by atoms with E-state index < -0.39 is 53.4 Å². The van der Waals surface area contributed by atoms with Crippen LogP contribution in [0.5, 0.6) is 11.5 Å². The van der Waals surface area contributed by atoms with Gasteiger partial charge in [-0.05, 0) is 54.1 Å². The van der Waals surface area contributed by atoms with Gasteiger partial charge in [-0.2, -0.15) is 46.1 Å². The number of nitrogens with zero attached hydrogens (tertiary/aromatic N) is 3. The van der Waals surface area contributed by atoms with E-state index in [2.05, 4.69) is 5.10 Å². The lowest BCUT2D eigenvalue weighted by Crippen LogP contribution is -2.69. The number of nitriles is 1. The molecule has 0 aromatic heterocycles. The molecule has 0 fully saturated rings. The lowest BCUT2D eigenvalue weighted by atomic mass is 9.91. The van der Waals surface area contributed by atoms with Crippen molar-refractivity contribution in [1.29, 1.82) is 5.26 Å². The minimum Gasteiger partial charge on any atom is -0.497 e. The summed E-state index contributed by atoms with van der Waals surface area (Å²) in [6.07, 6.45) is -8.32. The molecule has 192 valence electrons. The Bertz CT molecular complexity index is 1190. The molecule has 0 bridgehead atoms. The van der Waals surface area contributed by atoms with Crippen LogP contribution in [0.1, 0.15) is 17.5 Å². The fraction of sp³-hybridized carbons (Fsp3) is 0.318. The number of rotatable bonds is 7. The van der Waals surface area contributed by atoms with Crippen molar-refractivity contribution in [3.63, 3.8) is 0 Å². The zero-order valence-corrected chi connectivity index (χ0v) is 18.2. The summed E-state index contributed by atoms with van der Waals surface area (Å²) in [7, 11) is 1.31. The molecule has 7 nitrogen and oxygen atoms in total. The summed E-state index contributed by atoms with van der Waals surface area (Å²) in [4.78, 5) is 12.7. The van der Waals surface area contributed by atoms with Gasteiger partial charge in [-0.15, -0.1) is 0 Å². The number of aliphatic hydroxyl groups is 1. The third-order valence-corrected chi connectivity index (χ3v) is 5.24. The van der Waals surface area contributed by atoms with E-state index in [1.54, 1.807) is 0 Å². The second-order valence-electron chi connectivity index (χ2n) is 7.55. The van der Waals surface area contributed by atoms with E-state index in [-0.39, 0.29) is 16.9 Å². The first kappa shape index (κ1) is 26.7. The molecule has 1 heterocycles. The normalized spacial score (nSPS) is 18.4. The van der Waals surface area contributed by atoms with Crippen molar-refractivity contribution >= 4 is 11.6 Å². The lowest BCUT2D eigenvalue weighted by molar-refractivity contribution is -0.401. The SMILES string of the molecule is COc1ccc(C2=NN(C(=O)COc3ccc(C#N)cc3)[C@](O)(C(F)(F)C(F)(F)C(F)(F)F)C2)cc1. The van der Waals surface area contributed by atoms with E-state index >= 15 is 0 Å². The summed E-state index contributed by atoms with van der Waals surface area (Å²) in [6, 6.07) is 11.9. The summed E-state index contributed by atoms with van der Waals surface area (Å²) in [5.74, 6) is -14.4. The van der Waals surface area contributed by atoms with Gasteiger partial charge in [-0.3, -0.25) is 4.79 Å². The topological polar surface area (TPSA) is 95.1 Å². The molecule has 1 N–H and O–H groups in total. The Morgan fingerprint density at radius 1 is 1.06 bits per heavy atom. The van der Waals surface area contributed by atoms with Gasteiger partial charge in [0.2, 0.25) is 5.72 Å². The maximum Gasteiger partial charge on any atom is 0.460 e. The summed E-state index contributed by atoms with van der Waals surface area (Å²) in [6.45, 7) is -1.17. The van der Waals surface area contributed by atoms with E-state index in [9.17, 15) is 40.6 Å². The monoisotopic (exact) mass is 519 g/mol. The summed E-state index contributed by atoms with van der Waals surface area (Å²) in [5, 5.41) is 22.3. The smallest absolute Gasteiger partial charge is 0.460 e. The van der Waals surface area contributed by atoms with Crippen molar-refractivity contribution in [2.45, 2.75) is 30.2 Å². The number of alkyl halides is 7. The molecule has 1 amide bonds. The van der Waals surface area contributed by atoms with Crippen LogP contribution in [0.3, 0.4) is 0 Å². The number of halogens is 7. The Hall–Kier alpha value is -3.86. The van der Waals surface area contributed by atoms with Crippen LogP contribution in [-0.4, -0.2) is 59.2 Å². The van der Waals surface area contributed by atoms with Gasteiger partial charge in [0.25, 0.3) is 5.91 Å². The minimum absolute atomic E-state index is 0.0522. The van der Waals surface area contributed by atoms with Gasteiger partial charge in [-0.1, -0.05) is 0 Å². The zero-order valence-electron chi connectivity index (χ0n) is 18.2. The first-order chi connectivity index (χ1) is 16.7. The Balaban J connectivity index is 1.98. The van der Waals surface area contributed by atoms with Crippen molar-refractivity contribution in [1.82, 2.24) is 5.01 Å². The van der Waals surface area contributed by atoms with Gasteiger partial charge in [0.15, 0.2) is 6.61 Å². The quantitative estimate of drug-likeness (QED) is 0.556. The van der Waals surface area contributed by atoms with Gasteiger partial charge in [0.05, 0.1) is 24.5 Å². The number of benzene rings is 2. The second-order valence-corrected chi connectivity index (χ2v) is 7.55.